The van der Waals surface area contributed by atoms with Crippen molar-refractivity contribution in [1.29, 1.82) is 0 Å². The maximum Gasteiger partial charge on any atom is 0.230 e. The van der Waals surface area contributed by atoms with Crippen LogP contribution < -0.4 is 0 Å². The molecule has 3 aliphatic heterocycles. The van der Waals surface area contributed by atoms with Crippen molar-refractivity contribution in [3.05, 3.63) is 35.9 Å². The van der Waals surface area contributed by atoms with Crippen LogP contribution in [0.2, 0.25) is 0 Å². The minimum atomic E-state index is -0.224. The number of nitrogens with zero attached hydrogens (tertiary/aromatic N) is 2. The first-order valence-corrected chi connectivity index (χ1v) is 8.33. The summed E-state index contributed by atoms with van der Waals surface area (Å²) in [6.07, 6.45) is 2.08. The summed E-state index contributed by atoms with van der Waals surface area (Å²) < 4.78 is 5.57. The Bertz CT molecular complexity index is 555. The fourth-order valence-electron chi connectivity index (χ4n) is 4.57. The molecule has 0 aliphatic carbocycles. The Hall–Kier alpha value is -1.39. The summed E-state index contributed by atoms with van der Waals surface area (Å²) in [5, 5.41) is 0. The van der Waals surface area contributed by atoms with Gasteiger partial charge in [-0.1, -0.05) is 30.3 Å². The summed E-state index contributed by atoms with van der Waals surface area (Å²) in [6.45, 7) is 4.44. The molecule has 0 N–H and O–H groups in total. The molecule has 1 unspecified atom stereocenters. The third-order valence-electron chi connectivity index (χ3n) is 5.86. The molecule has 3 fully saturated rings. The van der Waals surface area contributed by atoms with Crippen LogP contribution in [0, 0.1) is 5.41 Å². The Kier molecular flexibility index (Phi) is 3.46. The summed E-state index contributed by atoms with van der Waals surface area (Å²) in [4.78, 5) is 17.4. The molecule has 0 saturated carbocycles. The molecule has 3 heterocycles. The first-order chi connectivity index (χ1) is 10.7. The van der Waals surface area contributed by atoms with Gasteiger partial charge in [-0.15, -0.1) is 0 Å². The second-order valence-electron chi connectivity index (χ2n) is 7.04. The summed E-state index contributed by atoms with van der Waals surface area (Å²) in [5.74, 6) is 0.648. The summed E-state index contributed by atoms with van der Waals surface area (Å²) in [6, 6.07) is 11.1. The van der Waals surface area contributed by atoms with Crippen LogP contribution in [-0.2, 0) is 9.53 Å². The Morgan fingerprint density at radius 3 is 2.73 bits per heavy atom. The Balaban J connectivity index is 1.68. The Labute approximate surface area is 132 Å². The van der Waals surface area contributed by atoms with E-state index in [1.165, 1.54) is 5.56 Å². The van der Waals surface area contributed by atoms with Gasteiger partial charge < -0.3 is 9.64 Å². The van der Waals surface area contributed by atoms with Gasteiger partial charge in [-0.05, 0) is 18.4 Å². The number of ether oxygens (including phenoxy) is 1. The van der Waals surface area contributed by atoms with E-state index in [1.807, 2.05) is 11.9 Å². The van der Waals surface area contributed by atoms with Crippen LogP contribution in [0.5, 0.6) is 0 Å². The van der Waals surface area contributed by atoms with Gasteiger partial charge in [0, 0.05) is 45.2 Å². The number of rotatable bonds is 2. The van der Waals surface area contributed by atoms with Gasteiger partial charge in [0.15, 0.2) is 0 Å². The number of hydrogen-bond donors (Lipinski definition) is 0. The van der Waals surface area contributed by atoms with E-state index in [9.17, 15) is 4.79 Å². The lowest BCUT2D eigenvalue weighted by Gasteiger charge is -2.29. The van der Waals surface area contributed by atoms with E-state index in [1.54, 1.807) is 0 Å². The van der Waals surface area contributed by atoms with E-state index in [0.717, 1.165) is 45.7 Å². The zero-order valence-electron chi connectivity index (χ0n) is 13.2. The molecule has 3 atom stereocenters. The van der Waals surface area contributed by atoms with Crippen LogP contribution >= 0.6 is 0 Å². The van der Waals surface area contributed by atoms with Crippen LogP contribution in [0.25, 0.3) is 0 Å². The molecule has 1 spiro atoms. The predicted octanol–water partition coefficient (Wildman–Crippen LogP) is 1.72. The molecule has 22 heavy (non-hydrogen) atoms. The van der Waals surface area contributed by atoms with Crippen molar-refractivity contribution >= 4 is 5.91 Å². The summed E-state index contributed by atoms with van der Waals surface area (Å²) >= 11 is 0. The van der Waals surface area contributed by atoms with Crippen molar-refractivity contribution in [2.75, 3.05) is 39.9 Å². The first-order valence-electron chi connectivity index (χ1n) is 8.33. The zero-order valence-corrected chi connectivity index (χ0v) is 13.2. The van der Waals surface area contributed by atoms with Crippen molar-refractivity contribution in [2.45, 2.75) is 24.8 Å². The topological polar surface area (TPSA) is 32.8 Å². The monoisotopic (exact) mass is 300 g/mol. The molecule has 0 aromatic heterocycles. The fourth-order valence-corrected chi connectivity index (χ4v) is 4.57. The van der Waals surface area contributed by atoms with Crippen LogP contribution in [0.1, 0.15) is 24.3 Å². The van der Waals surface area contributed by atoms with Crippen LogP contribution in [0.3, 0.4) is 0 Å². The van der Waals surface area contributed by atoms with Gasteiger partial charge in [-0.25, -0.2) is 0 Å². The fraction of sp³-hybridized carbons (Fsp3) is 0.611. The highest BCUT2D eigenvalue weighted by Crippen LogP contribution is 2.50. The van der Waals surface area contributed by atoms with Crippen LogP contribution in [-0.4, -0.2) is 61.6 Å². The molecule has 4 heteroatoms. The molecule has 0 bridgehead atoms. The van der Waals surface area contributed by atoms with Crippen LogP contribution in [0.15, 0.2) is 30.3 Å². The maximum atomic E-state index is 12.9. The largest absolute Gasteiger partial charge is 0.380 e. The molecule has 1 amide bonds. The predicted molar refractivity (Wildman–Crippen MR) is 84.7 cm³/mol. The van der Waals surface area contributed by atoms with Gasteiger partial charge in [0.2, 0.25) is 5.91 Å². The molecule has 1 aromatic carbocycles. The van der Waals surface area contributed by atoms with Gasteiger partial charge in [0.05, 0.1) is 12.0 Å². The quantitative estimate of drug-likeness (QED) is 0.834. The lowest BCUT2D eigenvalue weighted by Crippen LogP contribution is -2.40. The highest BCUT2D eigenvalue weighted by molar-refractivity contribution is 5.86. The van der Waals surface area contributed by atoms with Gasteiger partial charge >= 0.3 is 0 Å². The summed E-state index contributed by atoms with van der Waals surface area (Å²) in [5.41, 5.74) is 1.09. The lowest BCUT2D eigenvalue weighted by atomic mass is 9.73. The molecule has 3 aliphatic rings. The van der Waals surface area contributed by atoms with Crippen molar-refractivity contribution < 1.29 is 9.53 Å². The molecule has 4 rings (SSSR count). The van der Waals surface area contributed by atoms with E-state index in [2.05, 4.69) is 35.2 Å². The van der Waals surface area contributed by atoms with Crippen molar-refractivity contribution in [2.24, 2.45) is 5.41 Å². The SMILES string of the molecule is CN1CC[C@@]2(CN(C3CCOC3)C[C@H]2c2ccccc2)C1=O. The minimum Gasteiger partial charge on any atom is -0.380 e. The van der Waals surface area contributed by atoms with Gasteiger partial charge in [-0.2, -0.15) is 0 Å². The smallest absolute Gasteiger partial charge is 0.230 e. The standard InChI is InChI=1S/C18H24N2O2/c1-19-9-8-18(17(19)21)13-20(15-7-10-22-12-15)11-16(18)14-5-3-2-4-6-14/h2-6,15-16H,7-13H2,1H3/t15?,16-,18-/m0/s1. The van der Waals surface area contributed by atoms with Crippen LogP contribution in [0.4, 0.5) is 0 Å². The molecule has 0 radical (unpaired) electrons. The highest BCUT2D eigenvalue weighted by Gasteiger charge is 2.57. The second-order valence-corrected chi connectivity index (χ2v) is 7.04. The Morgan fingerprint density at radius 2 is 2.09 bits per heavy atom. The number of hydrogen-bond acceptors (Lipinski definition) is 3. The van der Waals surface area contributed by atoms with Crippen molar-refractivity contribution in [3.63, 3.8) is 0 Å². The molecular weight excluding hydrogens is 276 g/mol. The average Bonchev–Trinajstić information content (AvgIpc) is 3.25. The van der Waals surface area contributed by atoms with E-state index >= 15 is 0 Å². The summed E-state index contributed by atoms with van der Waals surface area (Å²) in [7, 11) is 1.94. The molecule has 1 aromatic rings. The normalized spacial score (nSPS) is 35.9. The highest BCUT2D eigenvalue weighted by atomic mass is 16.5. The van der Waals surface area contributed by atoms with Crippen molar-refractivity contribution in [1.82, 2.24) is 9.80 Å². The molecule has 4 nitrogen and oxygen atoms in total. The molecule has 3 saturated heterocycles. The maximum absolute atomic E-state index is 12.9. The number of likely N-dealkylation sites (tertiary alicyclic amines) is 2. The first kappa shape index (κ1) is 14.2. The van der Waals surface area contributed by atoms with Crippen molar-refractivity contribution in [3.8, 4) is 0 Å². The second kappa shape index (κ2) is 5.36. The average molecular weight is 300 g/mol. The molecular formula is C18H24N2O2. The van der Waals surface area contributed by atoms with Gasteiger partial charge in [0.25, 0.3) is 0 Å². The number of carbonyl (C=O) groups is 1. The third kappa shape index (κ3) is 2.09. The lowest BCUT2D eigenvalue weighted by molar-refractivity contribution is -0.135. The molecule has 118 valence electrons. The number of amides is 1. The number of benzene rings is 1. The van der Waals surface area contributed by atoms with E-state index in [-0.39, 0.29) is 5.41 Å². The Morgan fingerprint density at radius 1 is 1.27 bits per heavy atom. The van der Waals surface area contributed by atoms with E-state index < -0.39 is 0 Å². The van der Waals surface area contributed by atoms with E-state index in [4.69, 9.17) is 4.74 Å². The minimum absolute atomic E-state index is 0.224. The van der Waals surface area contributed by atoms with Gasteiger partial charge in [0.1, 0.15) is 0 Å². The van der Waals surface area contributed by atoms with Gasteiger partial charge in [-0.3, -0.25) is 9.69 Å². The third-order valence-corrected chi connectivity index (χ3v) is 5.86. The number of carbonyl (C=O) groups excluding carboxylic acids is 1. The van der Waals surface area contributed by atoms with E-state index in [0.29, 0.717) is 17.9 Å². The zero-order chi connectivity index (χ0) is 15.2.